The molecule has 2 aliphatic rings. The molecule has 0 aromatic heterocycles. The highest BCUT2D eigenvalue weighted by Crippen LogP contribution is 2.34. The standard InChI is InChI=1S/C14H28N2O/c1-12-4-3-5-13(10-12)16(2)14(11-15)6-8-17-9-7-14/h12-13H,3-11,15H2,1-2H3. The molecule has 0 bridgehead atoms. The number of nitrogens with zero attached hydrogens (tertiary/aromatic N) is 1. The molecule has 1 aliphatic carbocycles. The van der Waals surface area contributed by atoms with Crippen molar-refractivity contribution in [3.8, 4) is 0 Å². The molecule has 1 saturated carbocycles. The lowest BCUT2D eigenvalue weighted by Crippen LogP contribution is -2.59. The molecule has 0 amide bonds. The number of nitrogens with two attached hydrogens (primary N) is 1. The Hall–Kier alpha value is -0.120. The molecule has 0 aromatic carbocycles. The van der Waals surface area contributed by atoms with Crippen LogP contribution in [0, 0.1) is 5.92 Å². The third-order valence-corrected chi connectivity index (χ3v) is 5.01. The second-order valence-corrected chi connectivity index (χ2v) is 6.08. The Balaban J connectivity index is 2.02. The van der Waals surface area contributed by atoms with Crippen LogP contribution in [-0.4, -0.2) is 43.3 Å². The number of hydrogen-bond donors (Lipinski definition) is 1. The minimum atomic E-state index is 0.208. The van der Waals surface area contributed by atoms with Gasteiger partial charge in [-0.1, -0.05) is 19.8 Å². The Morgan fingerprint density at radius 1 is 1.29 bits per heavy atom. The minimum Gasteiger partial charge on any atom is -0.381 e. The third kappa shape index (κ3) is 2.83. The highest BCUT2D eigenvalue weighted by Gasteiger charge is 2.39. The number of hydrogen-bond acceptors (Lipinski definition) is 3. The first-order chi connectivity index (χ1) is 8.18. The summed E-state index contributed by atoms with van der Waals surface area (Å²) in [4.78, 5) is 2.60. The molecule has 2 unspecified atom stereocenters. The van der Waals surface area contributed by atoms with Crippen LogP contribution in [0.2, 0.25) is 0 Å². The van der Waals surface area contributed by atoms with E-state index in [1.54, 1.807) is 0 Å². The van der Waals surface area contributed by atoms with Crippen molar-refractivity contribution >= 4 is 0 Å². The van der Waals surface area contributed by atoms with Gasteiger partial charge < -0.3 is 10.5 Å². The van der Waals surface area contributed by atoms with E-state index in [0.717, 1.165) is 44.6 Å². The van der Waals surface area contributed by atoms with E-state index in [0.29, 0.717) is 0 Å². The lowest BCUT2D eigenvalue weighted by Gasteiger charge is -2.49. The van der Waals surface area contributed by atoms with E-state index in [1.165, 1.54) is 25.7 Å². The van der Waals surface area contributed by atoms with E-state index < -0.39 is 0 Å². The molecule has 2 fully saturated rings. The van der Waals surface area contributed by atoms with Gasteiger partial charge in [0.1, 0.15) is 0 Å². The molecule has 2 atom stereocenters. The van der Waals surface area contributed by atoms with E-state index in [4.69, 9.17) is 10.5 Å². The van der Waals surface area contributed by atoms with E-state index >= 15 is 0 Å². The van der Waals surface area contributed by atoms with Crippen molar-refractivity contribution in [2.75, 3.05) is 26.8 Å². The number of rotatable bonds is 3. The SMILES string of the molecule is CC1CCCC(N(C)C2(CN)CCOCC2)C1. The van der Waals surface area contributed by atoms with E-state index in [2.05, 4.69) is 18.9 Å². The quantitative estimate of drug-likeness (QED) is 0.820. The average molecular weight is 240 g/mol. The molecule has 1 saturated heterocycles. The third-order valence-electron chi connectivity index (χ3n) is 5.01. The van der Waals surface area contributed by atoms with Gasteiger partial charge in [-0.15, -0.1) is 0 Å². The van der Waals surface area contributed by atoms with E-state index in [1.807, 2.05) is 0 Å². The van der Waals surface area contributed by atoms with E-state index in [-0.39, 0.29) is 5.54 Å². The van der Waals surface area contributed by atoms with Crippen molar-refractivity contribution < 1.29 is 4.74 Å². The van der Waals surface area contributed by atoms with Gasteiger partial charge in [0.15, 0.2) is 0 Å². The van der Waals surface area contributed by atoms with Crippen molar-refractivity contribution in [1.82, 2.24) is 4.90 Å². The summed E-state index contributed by atoms with van der Waals surface area (Å²) in [5.41, 5.74) is 6.29. The lowest BCUT2D eigenvalue weighted by molar-refractivity contribution is -0.0398. The summed E-state index contributed by atoms with van der Waals surface area (Å²) < 4.78 is 5.50. The van der Waals surface area contributed by atoms with Crippen LogP contribution in [0.5, 0.6) is 0 Å². The molecule has 3 heteroatoms. The first-order valence-corrected chi connectivity index (χ1v) is 7.19. The molecule has 0 radical (unpaired) electrons. The molecule has 0 aromatic rings. The number of likely N-dealkylation sites (N-methyl/N-ethyl adjacent to an activating group) is 1. The molecule has 2 rings (SSSR count). The predicted molar refractivity (Wildman–Crippen MR) is 71.0 cm³/mol. The van der Waals surface area contributed by atoms with Gasteiger partial charge in [-0.05, 0) is 38.6 Å². The summed E-state index contributed by atoms with van der Waals surface area (Å²) in [6.07, 6.45) is 7.69. The fraction of sp³-hybridized carbons (Fsp3) is 1.00. The monoisotopic (exact) mass is 240 g/mol. The second kappa shape index (κ2) is 5.68. The van der Waals surface area contributed by atoms with Gasteiger partial charge in [0.25, 0.3) is 0 Å². The minimum absolute atomic E-state index is 0.208. The Morgan fingerprint density at radius 2 is 2.00 bits per heavy atom. The zero-order valence-corrected chi connectivity index (χ0v) is 11.5. The highest BCUT2D eigenvalue weighted by atomic mass is 16.5. The van der Waals surface area contributed by atoms with Crippen LogP contribution in [0.4, 0.5) is 0 Å². The van der Waals surface area contributed by atoms with Crippen molar-refractivity contribution in [3.63, 3.8) is 0 Å². The van der Waals surface area contributed by atoms with Crippen LogP contribution in [0.25, 0.3) is 0 Å². The maximum Gasteiger partial charge on any atom is 0.0484 e. The topological polar surface area (TPSA) is 38.5 Å². The molecule has 1 heterocycles. The number of ether oxygens (including phenoxy) is 1. The van der Waals surface area contributed by atoms with Gasteiger partial charge in [0.05, 0.1) is 0 Å². The Labute approximate surface area is 106 Å². The predicted octanol–water partition coefficient (Wildman–Crippen LogP) is 2.00. The van der Waals surface area contributed by atoms with E-state index in [9.17, 15) is 0 Å². The summed E-state index contributed by atoms with van der Waals surface area (Å²) >= 11 is 0. The smallest absolute Gasteiger partial charge is 0.0484 e. The van der Waals surface area contributed by atoms with Crippen molar-refractivity contribution in [1.29, 1.82) is 0 Å². The van der Waals surface area contributed by atoms with Crippen LogP contribution in [0.3, 0.4) is 0 Å². The summed E-state index contributed by atoms with van der Waals surface area (Å²) in [7, 11) is 2.29. The Morgan fingerprint density at radius 3 is 2.59 bits per heavy atom. The molecule has 2 N–H and O–H groups in total. The summed E-state index contributed by atoms with van der Waals surface area (Å²) in [5.74, 6) is 0.880. The van der Waals surface area contributed by atoms with Crippen molar-refractivity contribution in [2.45, 2.75) is 57.0 Å². The van der Waals surface area contributed by atoms with Gasteiger partial charge in [0, 0.05) is 31.3 Å². The highest BCUT2D eigenvalue weighted by molar-refractivity contribution is 4.96. The average Bonchev–Trinajstić information content (AvgIpc) is 2.38. The van der Waals surface area contributed by atoms with Gasteiger partial charge in [-0.2, -0.15) is 0 Å². The fourth-order valence-corrected chi connectivity index (χ4v) is 3.59. The molecule has 17 heavy (non-hydrogen) atoms. The van der Waals surface area contributed by atoms with Gasteiger partial charge in [-0.25, -0.2) is 0 Å². The largest absolute Gasteiger partial charge is 0.381 e. The summed E-state index contributed by atoms with van der Waals surface area (Å²) in [6.45, 7) is 4.92. The maximum absolute atomic E-state index is 6.08. The molecular formula is C14H28N2O. The molecule has 100 valence electrons. The van der Waals surface area contributed by atoms with Gasteiger partial charge >= 0.3 is 0 Å². The normalized spacial score (nSPS) is 33.9. The first kappa shape index (κ1) is 13.3. The lowest BCUT2D eigenvalue weighted by atomic mass is 9.81. The Kier molecular flexibility index (Phi) is 4.45. The van der Waals surface area contributed by atoms with Crippen LogP contribution >= 0.6 is 0 Å². The van der Waals surface area contributed by atoms with Gasteiger partial charge in [0.2, 0.25) is 0 Å². The molecule has 0 spiro atoms. The van der Waals surface area contributed by atoms with Crippen molar-refractivity contribution in [3.05, 3.63) is 0 Å². The molecule has 1 aliphatic heterocycles. The maximum atomic E-state index is 6.08. The second-order valence-electron chi connectivity index (χ2n) is 6.08. The van der Waals surface area contributed by atoms with Crippen LogP contribution < -0.4 is 5.73 Å². The summed E-state index contributed by atoms with van der Waals surface area (Å²) in [6, 6.07) is 0.736. The van der Waals surface area contributed by atoms with Crippen LogP contribution in [0.15, 0.2) is 0 Å². The molecule has 3 nitrogen and oxygen atoms in total. The van der Waals surface area contributed by atoms with Crippen LogP contribution in [-0.2, 0) is 4.74 Å². The fourth-order valence-electron chi connectivity index (χ4n) is 3.59. The first-order valence-electron chi connectivity index (χ1n) is 7.19. The van der Waals surface area contributed by atoms with Gasteiger partial charge in [-0.3, -0.25) is 4.90 Å². The molecular weight excluding hydrogens is 212 g/mol. The zero-order chi connectivity index (χ0) is 12.3. The van der Waals surface area contributed by atoms with Crippen LogP contribution in [0.1, 0.15) is 45.4 Å². The van der Waals surface area contributed by atoms with Crippen molar-refractivity contribution in [2.24, 2.45) is 11.7 Å². The summed E-state index contributed by atoms with van der Waals surface area (Å²) in [5, 5.41) is 0. The zero-order valence-electron chi connectivity index (χ0n) is 11.5. The Bertz CT molecular complexity index is 238.